The number of hydrogen-bond donors (Lipinski definition) is 0. The number of alkyl halides is 2. The van der Waals surface area contributed by atoms with E-state index in [-0.39, 0.29) is 36.1 Å². The topological polar surface area (TPSA) is 84.5 Å². The molecule has 29 heavy (non-hydrogen) atoms. The van der Waals surface area contributed by atoms with Crippen LogP contribution in [-0.2, 0) is 16.6 Å². The van der Waals surface area contributed by atoms with Gasteiger partial charge in [0.1, 0.15) is 16.4 Å². The number of sulfonamides is 1. The Kier molecular flexibility index (Phi) is 5.13. The van der Waals surface area contributed by atoms with Crippen LogP contribution in [-0.4, -0.2) is 58.5 Å². The summed E-state index contributed by atoms with van der Waals surface area (Å²) >= 11 is 0. The molecule has 156 valence electrons. The van der Waals surface area contributed by atoms with Gasteiger partial charge in [-0.3, -0.25) is 9.47 Å². The van der Waals surface area contributed by atoms with Crippen LogP contribution in [0, 0.1) is 13.8 Å². The Balaban J connectivity index is 1.50. The van der Waals surface area contributed by atoms with Crippen LogP contribution in [0.15, 0.2) is 33.7 Å². The lowest BCUT2D eigenvalue weighted by Crippen LogP contribution is -2.48. The Labute approximate surface area is 166 Å². The van der Waals surface area contributed by atoms with Gasteiger partial charge in [-0.05, 0) is 26.0 Å². The van der Waals surface area contributed by atoms with Crippen LogP contribution in [0.4, 0.5) is 8.78 Å². The highest BCUT2D eigenvalue weighted by Gasteiger charge is 2.33. The van der Waals surface area contributed by atoms with Gasteiger partial charge < -0.3 is 4.52 Å². The molecule has 0 spiro atoms. The zero-order valence-electron chi connectivity index (χ0n) is 16.0. The van der Waals surface area contributed by atoms with Gasteiger partial charge in [-0.1, -0.05) is 17.3 Å². The van der Waals surface area contributed by atoms with E-state index >= 15 is 0 Å². The highest BCUT2D eigenvalue weighted by Crippen LogP contribution is 2.26. The molecular formula is C18H21F2N5O3S. The molecule has 0 saturated carbocycles. The van der Waals surface area contributed by atoms with Crippen molar-refractivity contribution in [2.75, 3.05) is 26.2 Å². The van der Waals surface area contributed by atoms with Crippen molar-refractivity contribution in [3.8, 4) is 0 Å². The van der Waals surface area contributed by atoms with Gasteiger partial charge in [0, 0.05) is 26.2 Å². The van der Waals surface area contributed by atoms with Gasteiger partial charge in [0.2, 0.25) is 10.0 Å². The van der Waals surface area contributed by atoms with E-state index < -0.39 is 16.6 Å². The monoisotopic (exact) mass is 425 g/mol. The summed E-state index contributed by atoms with van der Waals surface area (Å²) in [5.74, 6) is 0.527. The summed E-state index contributed by atoms with van der Waals surface area (Å²) in [4.78, 5) is 6.38. The molecule has 0 amide bonds. The fourth-order valence-electron chi connectivity index (χ4n) is 3.72. The Morgan fingerprint density at radius 1 is 1.14 bits per heavy atom. The highest BCUT2D eigenvalue weighted by atomic mass is 32.2. The predicted octanol–water partition coefficient (Wildman–Crippen LogP) is 2.54. The minimum atomic E-state index is -3.71. The first kappa shape index (κ1) is 19.9. The smallest absolute Gasteiger partial charge is 0.320 e. The van der Waals surface area contributed by atoms with Gasteiger partial charge in [-0.25, -0.2) is 13.4 Å². The standard InChI is InChI=1S/C18H21F2N5O3S/c1-12-17(13(2)28-22-12)29(26,27)24-9-7-23(8-10-24)11-16-21-14-5-3-4-6-15(14)25(16)18(19)20/h3-6,18H,7-11H2,1-2H3. The van der Waals surface area contributed by atoms with Gasteiger partial charge >= 0.3 is 6.55 Å². The molecule has 0 N–H and O–H groups in total. The summed E-state index contributed by atoms with van der Waals surface area (Å²) < 4.78 is 60.3. The third-order valence-electron chi connectivity index (χ3n) is 5.13. The average Bonchev–Trinajstić information content (AvgIpc) is 3.21. The second-order valence-corrected chi connectivity index (χ2v) is 8.87. The molecule has 1 aliphatic heterocycles. The first-order chi connectivity index (χ1) is 13.8. The number of piperazine rings is 1. The zero-order chi connectivity index (χ0) is 20.8. The minimum absolute atomic E-state index is 0.102. The van der Waals surface area contributed by atoms with E-state index in [1.54, 1.807) is 38.1 Å². The van der Waals surface area contributed by atoms with Gasteiger partial charge in [-0.15, -0.1) is 0 Å². The van der Waals surface area contributed by atoms with Gasteiger partial charge in [0.25, 0.3) is 0 Å². The molecule has 1 fully saturated rings. The van der Waals surface area contributed by atoms with Crippen molar-refractivity contribution in [2.45, 2.75) is 31.8 Å². The molecule has 3 heterocycles. The molecule has 0 atom stereocenters. The molecule has 1 aromatic carbocycles. The molecule has 4 rings (SSSR count). The third-order valence-corrected chi connectivity index (χ3v) is 7.27. The maximum absolute atomic E-state index is 13.6. The third kappa shape index (κ3) is 3.53. The molecule has 2 aromatic heterocycles. The lowest BCUT2D eigenvalue weighted by Gasteiger charge is -2.33. The molecule has 1 aliphatic rings. The maximum Gasteiger partial charge on any atom is 0.320 e. The normalized spacial score (nSPS) is 16.9. The van der Waals surface area contributed by atoms with Crippen LogP contribution >= 0.6 is 0 Å². The van der Waals surface area contributed by atoms with Crippen molar-refractivity contribution in [1.29, 1.82) is 0 Å². The van der Waals surface area contributed by atoms with Crippen molar-refractivity contribution >= 4 is 21.1 Å². The molecule has 1 saturated heterocycles. The lowest BCUT2D eigenvalue weighted by atomic mass is 10.3. The quantitative estimate of drug-likeness (QED) is 0.625. The van der Waals surface area contributed by atoms with Crippen LogP contribution in [0.3, 0.4) is 0 Å². The summed E-state index contributed by atoms with van der Waals surface area (Å²) in [6.45, 7) is 2.01. The van der Waals surface area contributed by atoms with Crippen LogP contribution in [0.1, 0.15) is 23.8 Å². The molecule has 3 aromatic rings. The fraction of sp³-hybridized carbons (Fsp3) is 0.444. The molecule has 0 radical (unpaired) electrons. The van der Waals surface area contributed by atoms with E-state index in [4.69, 9.17) is 4.52 Å². The van der Waals surface area contributed by atoms with Crippen LogP contribution in [0.5, 0.6) is 0 Å². The Hall–Kier alpha value is -2.37. The summed E-state index contributed by atoms with van der Waals surface area (Å²) in [6, 6.07) is 6.77. The second kappa shape index (κ2) is 7.47. The first-order valence-electron chi connectivity index (χ1n) is 9.18. The van der Waals surface area contributed by atoms with Crippen molar-refractivity contribution in [3.05, 3.63) is 41.5 Å². The SMILES string of the molecule is Cc1noc(C)c1S(=O)(=O)N1CCN(Cc2nc3ccccc3n2C(F)F)CC1. The Morgan fingerprint density at radius 2 is 1.83 bits per heavy atom. The zero-order valence-corrected chi connectivity index (χ0v) is 16.9. The van der Waals surface area contributed by atoms with Crippen LogP contribution < -0.4 is 0 Å². The van der Waals surface area contributed by atoms with E-state index in [1.165, 1.54) is 4.31 Å². The number of hydrogen-bond acceptors (Lipinski definition) is 6. The lowest BCUT2D eigenvalue weighted by molar-refractivity contribution is 0.0670. The van der Waals surface area contributed by atoms with Crippen molar-refractivity contribution < 1.29 is 21.7 Å². The first-order valence-corrected chi connectivity index (χ1v) is 10.6. The molecule has 0 bridgehead atoms. The number of aryl methyl sites for hydroxylation is 2. The molecule has 8 nitrogen and oxygen atoms in total. The number of para-hydroxylation sites is 2. The van der Waals surface area contributed by atoms with E-state index in [0.29, 0.717) is 29.8 Å². The number of nitrogens with zero attached hydrogens (tertiary/aromatic N) is 5. The van der Waals surface area contributed by atoms with Crippen LogP contribution in [0.25, 0.3) is 11.0 Å². The molecule has 11 heteroatoms. The summed E-state index contributed by atoms with van der Waals surface area (Å²) in [5.41, 5.74) is 1.23. The van der Waals surface area contributed by atoms with Gasteiger partial charge in [-0.2, -0.15) is 13.1 Å². The summed E-state index contributed by atoms with van der Waals surface area (Å²) in [7, 11) is -3.71. The second-order valence-electron chi connectivity index (χ2n) is 7.00. The maximum atomic E-state index is 13.6. The van der Waals surface area contributed by atoms with E-state index in [2.05, 4.69) is 10.1 Å². The number of fused-ring (bicyclic) bond motifs is 1. The Morgan fingerprint density at radius 3 is 2.45 bits per heavy atom. The van der Waals surface area contributed by atoms with Crippen molar-refractivity contribution in [3.63, 3.8) is 0 Å². The number of rotatable bonds is 5. The van der Waals surface area contributed by atoms with Crippen LogP contribution in [0.2, 0.25) is 0 Å². The number of benzene rings is 1. The van der Waals surface area contributed by atoms with Gasteiger partial charge in [0.15, 0.2) is 5.76 Å². The van der Waals surface area contributed by atoms with Crippen molar-refractivity contribution in [2.24, 2.45) is 0 Å². The van der Waals surface area contributed by atoms with E-state index in [9.17, 15) is 17.2 Å². The summed E-state index contributed by atoms with van der Waals surface area (Å²) in [5, 5.41) is 3.72. The Bertz CT molecular complexity index is 1110. The number of halogens is 2. The van der Waals surface area contributed by atoms with Crippen molar-refractivity contribution in [1.82, 2.24) is 23.9 Å². The predicted molar refractivity (Wildman–Crippen MR) is 101 cm³/mol. The average molecular weight is 425 g/mol. The number of aromatic nitrogens is 3. The van der Waals surface area contributed by atoms with E-state index in [1.807, 2.05) is 4.90 Å². The molecular weight excluding hydrogens is 404 g/mol. The number of imidazole rings is 1. The fourth-order valence-corrected chi connectivity index (χ4v) is 5.44. The summed E-state index contributed by atoms with van der Waals surface area (Å²) in [6.07, 6.45) is 0. The largest absolute Gasteiger partial charge is 0.360 e. The molecule has 0 unspecified atom stereocenters. The molecule has 0 aliphatic carbocycles. The highest BCUT2D eigenvalue weighted by molar-refractivity contribution is 7.89. The minimum Gasteiger partial charge on any atom is -0.360 e. The van der Waals surface area contributed by atoms with Gasteiger partial charge in [0.05, 0.1) is 17.6 Å². The van der Waals surface area contributed by atoms with E-state index in [0.717, 1.165) is 4.57 Å².